The van der Waals surface area contributed by atoms with E-state index in [0.29, 0.717) is 0 Å². The average Bonchev–Trinajstić information content (AvgIpc) is 3.44. The zero-order valence-corrected chi connectivity index (χ0v) is 25.9. The number of benzene rings is 7. The third kappa shape index (κ3) is 3.94. The highest BCUT2D eigenvalue weighted by atomic mass is 16.3. The first-order chi connectivity index (χ1) is 21.4. The first-order valence-corrected chi connectivity index (χ1v) is 15.4. The van der Waals surface area contributed by atoms with E-state index in [1.807, 2.05) is 12.1 Å². The average molecular weight is 556 g/mol. The maximum absolute atomic E-state index is 6.08. The van der Waals surface area contributed by atoms with Crippen LogP contribution < -0.4 is 27.3 Å². The quantitative estimate of drug-likeness (QED) is 0.241. The highest BCUT2D eigenvalue weighted by Gasteiger charge is 2.21. The molecule has 0 N–H and O–H groups in total. The van der Waals surface area contributed by atoms with Gasteiger partial charge in [0, 0.05) is 10.8 Å². The van der Waals surface area contributed by atoms with E-state index in [2.05, 4.69) is 142 Å². The van der Waals surface area contributed by atoms with Gasteiger partial charge in [-0.15, -0.1) is 16.4 Å². The predicted octanol–water partition coefficient (Wildman–Crippen LogP) is 2.19. The molecule has 8 aromatic rings. The number of furan rings is 1. The lowest BCUT2D eigenvalue weighted by Crippen LogP contribution is -2.55. The Bertz CT molecular complexity index is 2350. The molecule has 0 amide bonds. The molecule has 0 saturated carbocycles. The van der Waals surface area contributed by atoms with Gasteiger partial charge in [-0.1, -0.05) is 108 Å². The largest absolute Gasteiger partial charge is 0.456 e. The van der Waals surface area contributed by atoms with E-state index in [1.165, 1.54) is 82.2 Å². The second-order valence-electron chi connectivity index (χ2n) is 12.2. The Morgan fingerprint density at radius 2 is 0.750 bits per heavy atom. The van der Waals surface area contributed by atoms with Crippen LogP contribution in [0.1, 0.15) is 0 Å². The van der Waals surface area contributed by atoms with Gasteiger partial charge in [-0.25, -0.2) is 0 Å². The van der Waals surface area contributed by atoms with Crippen LogP contribution in [0.15, 0.2) is 120 Å². The minimum Gasteiger partial charge on any atom is -0.456 e. The van der Waals surface area contributed by atoms with Crippen LogP contribution in [0.5, 0.6) is 0 Å². The Balaban J connectivity index is 1.34. The van der Waals surface area contributed by atoms with Gasteiger partial charge in [0.05, 0.1) is 0 Å². The van der Waals surface area contributed by atoms with Crippen LogP contribution in [0.4, 0.5) is 0 Å². The molecule has 0 spiro atoms. The minimum absolute atomic E-state index is 0.925. The zero-order valence-electron chi connectivity index (χ0n) is 25.9. The Hall–Kier alpha value is -4.82. The lowest BCUT2D eigenvalue weighted by Gasteiger charge is -2.24. The number of para-hydroxylation sites is 1. The molecule has 7 aromatic carbocycles. The molecule has 1 heterocycles. The van der Waals surface area contributed by atoms with Crippen molar-refractivity contribution in [3.05, 3.63) is 115 Å². The van der Waals surface area contributed by atoms with E-state index in [0.717, 1.165) is 21.9 Å². The molecule has 0 fully saturated rings. The van der Waals surface area contributed by atoms with Gasteiger partial charge in [-0.05, 0) is 73.1 Å². The van der Waals surface area contributed by atoms with Gasteiger partial charge in [0.1, 0.15) is 50.4 Å². The van der Waals surface area contributed by atoms with Gasteiger partial charge < -0.3 is 4.42 Å². The minimum atomic E-state index is 0.925. The second-order valence-corrected chi connectivity index (χ2v) is 12.2. The summed E-state index contributed by atoms with van der Waals surface area (Å²) >= 11 is 0. The number of rotatable bonds is 3. The van der Waals surface area contributed by atoms with Gasteiger partial charge in [0.2, 0.25) is 0 Å². The maximum Gasteiger partial charge on any atom is 0.139 e. The summed E-state index contributed by atoms with van der Waals surface area (Å²) in [7, 11) is 11.4. The van der Waals surface area contributed by atoms with Crippen LogP contribution in [0.25, 0.3) is 76.9 Å². The molecule has 6 heteroatoms. The standard InChI is InChI=1S/C38H29B5O/c39-34-33(35(40)37(42)38(43)36(34)41)32-26-10-3-1-8-24(26)31(25-9-2-4-11-27(25)32)21-15-13-20(14-16-21)22-17-18-30-28(19-22)23-7-5-6-12-29(23)44-30/h1-19H,39-43H2. The van der Waals surface area contributed by atoms with Crippen molar-refractivity contribution in [2.24, 2.45) is 0 Å². The van der Waals surface area contributed by atoms with Crippen molar-refractivity contribution in [1.82, 2.24) is 0 Å². The summed E-state index contributed by atoms with van der Waals surface area (Å²) in [6, 6.07) is 41.8. The topological polar surface area (TPSA) is 13.1 Å². The van der Waals surface area contributed by atoms with Crippen molar-refractivity contribution >= 4 is 110 Å². The fourth-order valence-corrected chi connectivity index (χ4v) is 7.32. The molecule has 44 heavy (non-hydrogen) atoms. The van der Waals surface area contributed by atoms with E-state index in [1.54, 1.807) is 0 Å². The SMILES string of the molecule is Bc1c(B)c(B)c(-c2c3ccccc3c(-c3ccc(-c4ccc5oc6ccccc6c5c4)cc3)c3ccccc23)c(B)c1B. The first-order valence-electron chi connectivity index (χ1n) is 15.4. The van der Waals surface area contributed by atoms with Crippen molar-refractivity contribution in [1.29, 1.82) is 0 Å². The third-order valence-electron chi connectivity index (χ3n) is 10.1. The Morgan fingerprint density at radius 1 is 0.318 bits per heavy atom. The van der Waals surface area contributed by atoms with Gasteiger partial charge in [-0.3, -0.25) is 0 Å². The summed E-state index contributed by atoms with van der Waals surface area (Å²) in [6.45, 7) is 0. The van der Waals surface area contributed by atoms with E-state index in [4.69, 9.17) is 4.42 Å². The summed E-state index contributed by atoms with van der Waals surface area (Å²) < 4.78 is 6.08. The first kappa shape index (κ1) is 26.8. The number of hydrogen-bond acceptors (Lipinski definition) is 1. The van der Waals surface area contributed by atoms with Gasteiger partial charge in [0.25, 0.3) is 0 Å². The van der Waals surface area contributed by atoms with Crippen molar-refractivity contribution in [3.8, 4) is 33.4 Å². The number of hydrogen-bond donors (Lipinski definition) is 0. The van der Waals surface area contributed by atoms with E-state index in [9.17, 15) is 0 Å². The van der Waals surface area contributed by atoms with Crippen molar-refractivity contribution in [3.63, 3.8) is 0 Å². The normalized spacial score (nSPS) is 11.6. The highest BCUT2D eigenvalue weighted by molar-refractivity contribution is 6.69. The molecule has 0 atom stereocenters. The predicted molar refractivity (Wildman–Crippen MR) is 206 cm³/mol. The van der Waals surface area contributed by atoms with E-state index >= 15 is 0 Å². The van der Waals surface area contributed by atoms with Crippen LogP contribution in [0.2, 0.25) is 0 Å². The molecule has 202 valence electrons. The number of fused-ring (bicyclic) bond motifs is 5. The van der Waals surface area contributed by atoms with Crippen molar-refractivity contribution in [2.75, 3.05) is 0 Å². The molecule has 0 aliphatic carbocycles. The summed E-state index contributed by atoms with van der Waals surface area (Å²) in [4.78, 5) is 0. The molecule has 0 radical (unpaired) electrons. The van der Waals surface area contributed by atoms with Gasteiger partial charge in [0.15, 0.2) is 0 Å². The Labute approximate surface area is 262 Å². The molecule has 8 rings (SSSR count). The summed E-state index contributed by atoms with van der Waals surface area (Å²) in [5.41, 5.74) is 16.4. The molecule has 0 aliphatic rings. The summed E-state index contributed by atoms with van der Waals surface area (Å²) in [6.07, 6.45) is 0. The molecule has 0 unspecified atom stereocenters. The smallest absolute Gasteiger partial charge is 0.139 e. The van der Waals surface area contributed by atoms with Crippen LogP contribution in [-0.2, 0) is 0 Å². The Kier molecular flexibility index (Phi) is 6.17. The molecular weight excluding hydrogens is 526 g/mol. The third-order valence-corrected chi connectivity index (χ3v) is 10.1. The van der Waals surface area contributed by atoms with Crippen LogP contribution in [0, 0.1) is 0 Å². The van der Waals surface area contributed by atoms with E-state index in [-0.39, 0.29) is 0 Å². The Morgan fingerprint density at radius 3 is 1.34 bits per heavy atom. The summed E-state index contributed by atoms with van der Waals surface area (Å²) in [5.74, 6) is 0. The maximum atomic E-state index is 6.08. The van der Waals surface area contributed by atoms with E-state index < -0.39 is 0 Å². The molecule has 0 saturated heterocycles. The summed E-state index contributed by atoms with van der Waals surface area (Å²) in [5, 5.41) is 7.49. The molecule has 0 bridgehead atoms. The lowest BCUT2D eigenvalue weighted by molar-refractivity contribution is 0.669. The highest BCUT2D eigenvalue weighted by Crippen LogP contribution is 2.43. The van der Waals surface area contributed by atoms with Gasteiger partial charge in [-0.2, -0.15) is 0 Å². The van der Waals surface area contributed by atoms with Crippen LogP contribution >= 0.6 is 0 Å². The van der Waals surface area contributed by atoms with Gasteiger partial charge >= 0.3 is 0 Å². The second kappa shape index (κ2) is 10.1. The molecular formula is C38H29B5O. The molecule has 1 nitrogen and oxygen atoms in total. The van der Waals surface area contributed by atoms with Crippen LogP contribution in [0.3, 0.4) is 0 Å². The monoisotopic (exact) mass is 556 g/mol. The lowest BCUT2D eigenvalue weighted by atomic mass is 9.59. The van der Waals surface area contributed by atoms with Crippen LogP contribution in [-0.4, -0.2) is 39.2 Å². The zero-order chi connectivity index (χ0) is 30.1. The fraction of sp³-hybridized carbons (Fsp3) is 0. The molecule has 1 aromatic heterocycles. The van der Waals surface area contributed by atoms with Crippen molar-refractivity contribution < 1.29 is 4.42 Å². The van der Waals surface area contributed by atoms with Crippen molar-refractivity contribution in [2.45, 2.75) is 0 Å². The fourth-order valence-electron chi connectivity index (χ4n) is 7.32. The molecule has 0 aliphatic heterocycles.